The lowest BCUT2D eigenvalue weighted by Crippen LogP contribution is -2.26. The molecule has 3 rings (SSSR count). The number of carbonyl (C=O) groups excluding carboxylic acids is 1. The second-order valence-corrected chi connectivity index (χ2v) is 5.32. The first-order chi connectivity index (χ1) is 11.6. The summed E-state index contributed by atoms with van der Waals surface area (Å²) in [6, 6.07) is 17.6. The molecule has 120 valence electrons. The van der Waals surface area contributed by atoms with Gasteiger partial charge >= 0.3 is 0 Å². The number of nitrogens with one attached hydrogen (secondary N) is 1. The van der Waals surface area contributed by atoms with Crippen molar-refractivity contribution in [1.29, 1.82) is 0 Å². The second kappa shape index (κ2) is 6.87. The number of benzene rings is 1. The maximum Gasteiger partial charge on any atom is 0.277 e. The van der Waals surface area contributed by atoms with Gasteiger partial charge in [0, 0.05) is 11.8 Å². The van der Waals surface area contributed by atoms with E-state index >= 15 is 0 Å². The van der Waals surface area contributed by atoms with Crippen LogP contribution in [0.2, 0.25) is 0 Å². The molecule has 24 heavy (non-hydrogen) atoms. The standard InChI is InChI=1S/C18H16N4O2/c1-13-6-5-9-16(19-13)20-18(24)15-10-11-17(23)22(21-15)12-14-7-3-2-4-8-14/h2-11H,12H2,1H3,(H,19,20,24). The van der Waals surface area contributed by atoms with E-state index < -0.39 is 5.91 Å². The van der Waals surface area contributed by atoms with Crippen molar-refractivity contribution in [2.24, 2.45) is 0 Å². The maximum atomic E-state index is 12.3. The van der Waals surface area contributed by atoms with E-state index in [1.165, 1.54) is 16.8 Å². The summed E-state index contributed by atoms with van der Waals surface area (Å²) in [5.74, 6) is 0.0394. The first-order valence-corrected chi connectivity index (χ1v) is 7.49. The zero-order valence-electron chi connectivity index (χ0n) is 13.1. The van der Waals surface area contributed by atoms with Crippen molar-refractivity contribution >= 4 is 11.7 Å². The summed E-state index contributed by atoms with van der Waals surface area (Å²) >= 11 is 0. The molecule has 0 aliphatic carbocycles. The van der Waals surface area contributed by atoms with Crippen LogP contribution in [0, 0.1) is 6.92 Å². The predicted molar refractivity (Wildman–Crippen MR) is 91.0 cm³/mol. The Morgan fingerprint density at radius 2 is 1.83 bits per heavy atom. The Morgan fingerprint density at radius 1 is 1.04 bits per heavy atom. The lowest BCUT2D eigenvalue weighted by molar-refractivity contribution is 0.101. The van der Waals surface area contributed by atoms with Gasteiger partial charge in [-0.1, -0.05) is 36.4 Å². The number of pyridine rings is 1. The Labute approximate surface area is 138 Å². The number of aryl methyl sites for hydroxylation is 1. The molecule has 0 spiro atoms. The number of hydrogen-bond acceptors (Lipinski definition) is 4. The van der Waals surface area contributed by atoms with Gasteiger partial charge in [-0.15, -0.1) is 0 Å². The third-order valence-electron chi connectivity index (χ3n) is 3.40. The smallest absolute Gasteiger partial charge is 0.277 e. The first-order valence-electron chi connectivity index (χ1n) is 7.49. The van der Waals surface area contributed by atoms with Gasteiger partial charge in [0.2, 0.25) is 0 Å². The van der Waals surface area contributed by atoms with Crippen LogP contribution in [0.1, 0.15) is 21.7 Å². The molecule has 0 aliphatic rings. The Bertz CT molecular complexity index is 920. The van der Waals surface area contributed by atoms with Crippen LogP contribution < -0.4 is 10.9 Å². The number of rotatable bonds is 4. The molecule has 0 saturated heterocycles. The molecule has 0 bridgehead atoms. The molecule has 0 fully saturated rings. The number of hydrogen-bond donors (Lipinski definition) is 1. The van der Waals surface area contributed by atoms with Crippen LogP contribution in [-0.2, 0) is 6.54 Å². The fourth-order valence-electron chi connectivity index (χ4n) is 2.23. The molecule has 0 radical (unpaired) electrons. The van der Waals surface area contributed by atoms with Crippen LogP contribution in [0.15, 0.2) is 65.5 Å². The van der Waals surface area contributed by atoms with E-state index in [2.05, 4.69) is 15.4 Å². The highest BCUT2D eigenvalue weighted by Crippen LogP contribution is 2.06. The van der Waals surface area contributed by atoms with E-state index in [9.17, 15) is 9.59 Å². The summed E-state index contributed by atoms with van der Waals surface area (Å²) < 4.78 is 1.27. The van der Waals surface area contributed by atoms with E-state index in [4.69, 9.17) is 0 Å². The van der Waals surface area contributed by atoms with Gasteiger partial charge in [0.1, 0.15) is 11.5 Å². The van der Waals surface area contributed by atoms with E-state index in [1.807, 2.05) is 49.4 Å². The van der Waals surface area contributed by atoms with Crippen LogP contribution in [0.25, 0.3) is 0 Å². The Hall–Kier alpha value is -3.28. The lowest BCUT2D eigenvalue weighted by Gasteiger charge is -2.08. The second-order valence-electron chi connectivity index (χ2n) is 5.32. The third kappa shape index (κ3) is 3.73. The summed E-state index contributed by atoms with van der Waals surface area (Å²) in [7, 11) is 0. The van der Waals surface area contributed by atoms with Crippen LogP contribution >= 0.6 is 0 Å². The molecule has 0 aliphatic heterocycles. The summed E-state index contributed by atoms with van der Waals surface area (Å²) in [6.45, 7) is 2.15. The highest BCUT2D eigenvalue weighted by Gasteiger charge is 2.11. The third-order valence-corrected chi connectivity index (χ3v) is 3.40. The molecule has 3 aromatic rings. The Kier molecular flexibility index (Phi) is 4.47. The van der Waals surface area contributed by atoms with Crippen LogP contribution in [-0.4, -0.2) is 20.7 Å². The minimum absolute atomic E-state index is 0.161. The lowest BCUT2D eigenvalue weighted by atomic mass is 10.2. The van der Waals surface area contributed by atoms with Gasteiger partial charge in [-0.2, -0.15) is 5.10 Å². The van der Waals surface area contributed by atoms with E-state index in [1.54, 1.807) is 6.07 Å². The zero-order chi connectivity index (χ0) is 16.9. The van der Waals surface area contributed by atoms with Gasteiger partial charge in [-0.3, -0.25) is 9.59 Å². The van der Waals surface area contributed by atoms with Gasteiger partial charge in [-0.05, 0) is 30.7 Å². The molecule has 1 aromatic carbocycles. The highest BCUT2D eigenvalue weighted by atomic mass is 16.2. The van der Waals surface area contributed by atoms with Crippen LogP contribution in [0.5, 0.6) is 0 Å². The number of anilines is 1. The topological polar surface area (TPSA) is 76.9 Å². The number of aromatic nitrogens is 3. The number of nitrogens with zero attached hydrogens (tertiary/aromatic N) is 3. The van der Waals surface area contributed by atoms with Crippen molar-refractivity contribution in [3.05, 3.63) is 88.0 Å². The Balaban J connectivity index is 1.82. The SMILES string of the molecule is Cc1cccc(NC(=O)c2ccc(=O)n(Cc3ccccc3)n2)n1. The zero-order valence-corrected chi connectivity index (χ0v) is 13.1. The summed E-state index contributed by atoms with van der Waals surface area (Å²) in [6.07, 6.45) is 0. The minimum Gasteiger partial charge on any atom is -0.305 e. The van der Waals surface area contributed by atoms with Crippen molar-refractivity contribution in [2.75, 3.05) is 5.32 Å². The van der Waals surface area contributed by atoms with Gasteiger partial charge in [-0.25, -0.2) is 9.67 Å². The molecule has 0 atom stereocenters. The van der Waals surface area contributed by atoms with Crippen molar-refractivity contribution < 1.29 is 4.79 Å². The number of amides is 1. The fourth-order valence-corrected chi connectivity index (χ4v) is 2.23. The molecule has 2 heterocycles. The molecule has 6 heteroatoms. The maximum absolute atomic E-state index is 12.3. The predicted octanol–water partition coefficient (Wildman–Crippen LogP) is 2.25. The van der Waals surface area contributed by atoms with Crippen LogP contribution in [0.3, 0.4) is 0 Å². The summed E-state index contributed by atoms with van der Waals surface area (Å²) in [4.78, 5) is 28.5. The van der Waals surface area contributed by atoms with Crippen molar-refractivity contribution in [2.45, 2.75) is 13.5 Å². The molecule has 0 saturated carbocycles. The van der Waals surface area contributed by atoms with Crippen LogP contribution in [0.4, 0.5) is 5.82 Å². The average molecular weight is 320 g/mol. The summed E-state index contributed by atoms with van der Waals surface area (Å²) in [5, 5.41) is 6.83. The van der Waals surface area contributed by atoms with E-state index in [-0.39, 0.29) is 11.3 Å². The van der Waals surface area contributed by atoms with Crippen molar-refractivity contribution in [1.82, 2.24) is 14.8 Å². The van der Waals surface area contributed by atoms with Gasteiger partial charge < -0.3 is 5.32 Å². The highest BCUT2D eigenvalue weighted by molar-refractivity contribution is 6.02. The molecule has 0 unspecified atom stereocenters. The number of carbonyl (C=O) groups is 1. The molecular weight excluding hydrogens is 304 g/mol. The molecule has 1 N–H and O–H groups in total. The minimum atomic E-state index is -0.407. The van der Waals surface area contributed by atoms with Gasteiger partial charge in [0.05, 0.1) is 6.54 Å². The summed E-state index contributed by atoms with van der Waals surface area (Å²) in [5.41, 5.74) is 1.64. The largest absolute Gasteiger partial charge is 0.305 e. The molecular formula is C18H16N4O2. The monoisotopic (exact) mass is 320 g/mol. The normalized spacial score (nSPS) is 10.4. The van der Waals surface area contributed by atoms with Crippen molar-refractivity contribution in [3.8, 4) is 0 Å². The van der Waals surface area contributed by atoms with Gasteiger partial charge in [0.25, 0.3) is 11.5 Å². The van der Waals surface area contributed by atoms with E-state index in [0.717, 1.165) is 11.3 Å². The van der Waals surface area contributed by atoms with Crippen molar-refractivity contribution in [3.63, 3.8) is 0 Å². The van der Waals surface area contributed by atoms with Gasteiger partial charge in [0.15, 0.2) is 0 Å². The van der Waals surface area contributed by atoms with E-state index in [0.29, 0.717) is 12.4 Å². The molecule has 2 aromatic heterocycles. The first kappa shape index (κ1) is 15.6. The fraction of sp³-hybridized carbons (Fsp3) is 0.111. The molecule has 6 nitrogen and oxygen atoms in total. The molecule has 1 amide bonds. The quantitative estimate of drug-likeness (QED) is 0.800. The Morgan fingerprint density at radius 3 is 2.58 bits per heavy atom. The average Bonchev–Trinajstić information content (AvgIpc) is 2.58.